The van der Waals surface area contributed by atoms with E-state index in [1.54, 1.807) is 24.7 Å². The molecule has 2 N–H and O–H groups in total. The van der Waals surface area contributed by atoms with Crippen LogP contribution < -0.4 is 4.74 Å². The molecule has 4 heterocycles. The molecule has 0 saturated heterocycles. The number of rotatable bonds is 5. The third-order valence-electron chi connectivity index (χ3n) is 4.03. The quantitative estimate of drug-likeness (QED) is 0.543. The van der Waals surface area contributed by atoms with Crippen molar-refractivity contribution in [3.05, 3.63) is 42.0 Å². The number of aryl methyl sites for hydroxylation is 1. The number of hydrogen-bond acceptors (Lipinski definition) is 7. The molecule has 9 heteroatoms. The Morgan fingerprint density at radius 3 is 2.89 bits per heavy atom. The average Bonchev–Trinajstić information content (AvgIpc) is 3.29. The van der Waals surface area contributed by atoms with Gasteiger partial charge in [0.2, 0.25) is 5.88 Å². The number of fused-ring (bicyclic) bond motifs is 1. The Kier molecular flexibility index (Phi) is 4.28. The van der Waals surface area contributed by atoms with Gasteiger partial charge in [-0.25, -0.2) is 19.7 Å². The van der Waals surface area contributed by atoms with Crippen molar-refractivity contribution in [3.63, 3.8) is 0 Å². The Bertz CT molecular complexity index is 1150. The molecule has 0 aliphatic heterocycles. The first-order valence-corrected chi connectivity index (χ1v) is 9.02. The Balaban J connectivity index is 1.74. The minimum atomic E-state index is -1.05. The van der Waals surface area contributed by atoms with Gasteiger partial charge in [-0.1, -0.05) is 0 Å². The number of hydrogen-bond donors (Lipinski definition) is 2. The molecule has 4 rings (SSSR count). The van der Waals surface area contributed by atoms with E-state index in [2.05, 4.69) is 25.1 Å². The summed E-state index contributed by atoms with van der Waals surface area (Å²) in [5, 5.41) is 18.1. The van der Waals surface area contributed by atoms with Crippen LogP contribution >= 0.6 is 11.3 Å². The van der Waals surface area contributed by atoms with E-state index in [1.807, 2.05) is 19.9 Å². The average molecular weight is 381 g/mol. The van der Waals surface area contributed by atoms with E-state index in [1.165, 1.54) is 11.3 Å². The van der Waals surface area contributed by atoms with Gasteiger partial charge in [0.15, 0.2) is 5.52 Å². The van der Waals surface area contributed by atoms with E-state index in [-0.39, 0.29) is 5.69 Å². The van der Waals surface area contributed by atoms with Gasteiger partial charge in [0, 0.05) is 29.5 Å². The summed E-state index contributed by atoms with van der Waals surface area (Å²) in [5.74, 6) is -0.557. The van der Waals surface area contributed by atoms with Crippen molar-refractivity contribution in [2.45, 2.75) is 13.8 Å². The number of pyridine rings is 2. The fraction of sp³-hybridized carbons (Fsp3) is 0.167. The second-order valence-corrected chi connectivity index (χ2v) is 6.79. The van der Waals surface area contributed by atoms with Crippen molar-refractivity contribution >= 4 is 28.2 Å². The Morgan fingerprint density at radius 1 is 1.30 bits per heavy atom. The van der Waals surface area contributed by atoms with E-state index >= 15 is 0 Å². The highest BCUT2D eigenvalue weighted by atomic mass is 32.1. The smallest absolute Gasteiger partial charge is 0.354 e. The van der Waals surface area contributed by atoms with Crippen LogP contribution in [0.15, 0.2) is 30.7 Å². The standard InChI is InChI=1S/C18H15N5O3S/c1-3-26-16-15-10(4-5-19-16)14(22-23-15)13-8-21-17(27-13)11-7-20-12(18(24)25)6-9(11)2/h4-8H,3H2,1-2H3,(H,22,23)(H,24,25). The van der Waals surface area contributed by atoms with Crippen molar-refractivity contribution < 1.29 is 14.6 Å². The summed E-state index contributed by atoms with van der Waals surface area (Å²) in [7, 11) is 0. The predicted molar refractivity (Wildman–Crippen MR) is 101 cm³/mol. The van der Waals surface area contributed by atoms with Crippen LogP contribution in [0.4, 0.5) is 0 Å². The number of carboxylic acids is 1. The number of nitrogens with zero attached hydrogens (tertiary/aromatic N) is 4. The maximum Gasteiger partial charge on any atom is 0.354 e. The van der Waals surface area contributed by atoms with Crippen LogP contribution in [0, 0.1) is 6.92 Å². The van der Waals surface area contributed by atoms with Crippen LogP contribution in [0.3, 0.4) is 0 Å². The minimum absolute atomic E-state index is 0.0172. The Morgan fingerprint density at radius 2 is 2.15 bits per heavy atom. The normalized spacial score (nSPS) is 11.0. The molecule has 0 aromatic carbocycles. The lowest BCUT2D eigenvalue weighted by Crippen LogP contribution is -2.00. The van der Waals surface area contributed by atoms with Gasteiger partial charge in [-0.15, -0.1) is 11.3 Å². The lowest BCUT2D eigenvalue weighted by Gasteiger charge is -2.02. The zero-order valence-electron chi connectivity index (χ0n) is 14.6. The van der Waals surface area contributed by atoms with Crippen LogP contribution in [0.25, 0.3) is 32.0 Å². The molecule has 0 atom stereocenters. The first-order chi connectivity index (χ1) is 13.1. The maximum absolute atomic E-state index is 11.1. The highest BCUT2D eigenvalue weighted by Crippen LogP contribution is 2.36. The number of thiazole rings is 1. The van der Waals surface area contributed by atoms with Crippen molar-refractivity contribution in [2.75, 3.05) is 6.61 Å². The van der Waals surface area contributed by atoms with Crippen LogP contribution in [-0.4, -0.2) is 42.8 Å². The molecule has 0 bridgehead atoms. The summed E-state index contributed by atoms with van der Waals surface area (Å²) < 4.78 is 5.53. The first kappa shape index (κ1) is 17.1. The second kappa shape index (κ2) is 6.76. The Labute approximate surface area is 157 Å². The summed E-state index contributed by atoms with van der Waals surface area (Å²) in [6, 6.07) is 3.43. The number of nitrogens with one attached hydrogen (secondary N) is 1. The van der Waals surface area contributed by atoms with Crippen molar-refractivity contribution in [1.29, 1.82) is 0 Å². The Hall–Kier alpha value is -3.33. The van der Waals surface area contributed by atoms with Gasteiger partial charge in [-0.2, -0.15) is 5.10 Å². The van der Waals surface area contributed by atoms with E-state index in [4.69, 9.17) is 9.84 Å². The number of carboxylic acid groups (broad SMARTS) is 1. The van der Waals surface area contributed by atoms with E-state index in [0.29, 0.717) is 18.0 Å². The second-order valence-electron chi connectivity index (χ2n) is 5.76. The van der Waals surface area contributed by atoms with Crippen LogP contribution in [0.5, 0.6) is 5.88 Å². The number of ether oxygens (including phenoxy) is 1. The van der Waals surface area contributed by atoms with Gasteiger partial charge < -0.3 is 9.84 Å². The summed E-state index contributed by atoms with van der Waals surface area (Å²) in [5.41, 5.74) is 3.14. The predicted octanol–water partition coefficient (Wildman–Crippen LogP) is 3.55. The van der Waals surface area contributed by atoms with E-state index < -0.39 is 5.97 Å². The molecule has 0 aliphatic carbocycles. The monoisotopic (exact) mass is 381 g/mol. The molecule has 0 spiro atoms. The van der Waals surface area contributed by atoms with Gasteiger partial charge in [0.25, 0.3) is 0 Å². The molecule has 4 aromatic rings. The van der Waals surface area contributed by atoms with Gasteiger partial charge in [-0.05, 0) is 31.5 Å². The lowest BCUT2D eigenvalue weighted by molar-refractivity contribution is 0.0690. The summed E-state index contributed by atoms with van der Waals surface area (Å²) in [4.78, 5) is 24.7. The number of aromatic nitrogens is 5. The molecule has 0 amide bonds. The molecule has 4 aromatic heterocycles. The zero-order valence-corrected chi connectivity index (χ0v) is 15.4. The molecule has 0 radical (unpaired) electrons. The molecule has 0 aliphatic rings. The SMILES string of the molecule is CCOc1nccc2c(-c3cnc(-c4cnc(C(=O)O)cc4C)s3)[nH]nc12. The fourth-order valence-electron chi connectivity index (χ4n) is 2.76. The third-order valence-corrected chi connectivity index (χ3v) is 5.08. The molecule has 27 heavy (non-hydrogen) atoms. The molecular formula is C18H15N5O3S. The number of aromatic amines is 1. The molecular weight excluding hydrogens is 366 g/mol. The molecule has 0 unspecified atom stereocenters. The van der Waals surface area contributed by atoms with Crippen molar-refractivity contribution in [1.82, 2.24) is 25.1 Å². The summed E-state index contributed by atoms with van der Waals surface area (Å²) in [6.45, 7) is 4.25. The zero-order chi connectivity index (χ0) is 19.0. The molecule has 0 saturated carbocycles. The van der Waals surface area contributed by atoms with Crippen LogP contribution in [-0.2, 0) is 0 Å². The molecule has 136 valence electrons. The number of H-pyrrole nitrogens is 1. The number of carbonyl (C=O) groups is 1. The van der Waals surface area contributed by atoms with E-state index in [9.17, 15) is 4.79 Å². The van der Waals surface area contributed by atoms with Crippen LogP contribution in [0.1, 0.15) is 23.0 Å². The lowest BCUT2D eigenvalue weighted by atomic mass is 10.1. The number of aromatic carboxylic acids is 1. The highest BCUT2D eigenvalue weighted by molar-refractivity contribution is 7.18. The molecule has 0 fully saturated rings. The van der Waals surface area contributed by atoms with Gasteiger partial charge in [-0.3, -0.25) is 5.10 Å². The van der Waals surface area contributed by atoms with Gasteiger partial charge in [0.05, 0.1) is 17.2 Å². The maximum atomic E-state index is 11.1. The van der Waals surface area contributed by atoms with E-state index in [0.717, 1.165) is 32.1 Å². The van der Waals surface area contributed by atoms with Crippen LogP contribution in [0.2, 0.25) is 0 Å². The minimum Gasteiger partial charge on any atom is -0.477 e. The molecule has 8 nitrogen and oxygen atoms in total. The van der Waals surface area contributed by atoms with Crippen molar-refractivity contribution in [2.24, 2.45) is 0 Å². The van der Waals surface area contributed by atoms with Gasteiger partial charge >= 0.3 is 5.97 Å². The third kappa shape index (κ3) is 3.02. The largest absolute Gasteiger partial charge is 0.477 e. The fourth-order valence-corrected chi connectivity index (χ4v) is 3.76. The summed E-state index contributed by atoms with van der Waals surface area (Å²) >= 11 is 1.48. The first-order valence-electron chi connectivity index (χ1n) is 8.21. The topological polar surface area (TPSA) is 114 Å². The van der Waals surface area contributed by atoms with Gasteiger partial charge in [0.1, 0.15) is 10.7 Å². The van der Waals surface area contributed by atoms with Crippen molar-refractivity contribution in [3.8, 4) is 27.0 Å². The highest BCUT2D eigenvalue weighted by Gasteiger charge is 2.17. The summed E-state index contributed by atoms with van der Waals surface area (Å²) in [6.07, 6.45) is 4.99.